The fraction of sp³-hybridized carbons (Fsp3) is 0.917. The molecule has 2 N–H and O–H groups in total. The number of hydrogen-bond acceptors (Lipinski definition) is 2. The zero-order valence-corrected chi connectivity index (χ0v) is 9.89. The molecule has 5 heteroatoms. The van der Waals surface area contributed by atoms with Gasteiger partial charge in [0, 0.05) is 0 Å². The van der Waals surface area contributed by atoms with Crippen LogP contribution in [0, 0.1) is 23.7 Å². The predicted octanol–water partition coefficient (Wildman–Crippen LogP) is 1.88. The van der Waals surface area contributed by atoms with Gasteiger partial charge in [-0.25, -0.2) is 4.39 Å². The Labute approximate surface area is 102 Å². The Morgan fingerprint density at radius 3 is 2.76 bits per heavy atom. The SMILES string of the molecule is O=C(O)C1CC2C(F)CCC2C1CCC[B]O. The highest BCUT2D eigenvalue weighted by molar-refractivity contribution is 6.25. The summed E-state index contributed by atoms with van der Waals surface area (Å²) in [6, 6.07) is 0. The van der Waals surface area contributed by atoms with Crippen molar-refractivity contribution in [3.8, 4) is 0 Å². The van der Waals surface area contributed by atoms with E-state index in [9.17, 15) is 14.3 Å². The van der Waals surface area contributed by atoms with Gasteiger partial charge in [-0.3, -0.25) is 4.79 Å². The lowest BCUT2D eigenvalue weighted by Crippen LogP contribution is -2.22. The Kier molecular flexibility index (Phi) is 4.07. The largest absolute Gasteiger partial charge is 0.481 e. The summed E-state index contributed by atoms with van der Waals surface area (Å²) in [4.78, 5) is 11.2. The zero-order chi connectivity index (χ0) is 12.4. The summed E-state index contributed by atoms with van der Waals surface area (Å²) in [5, 5.41) is 17.8. The Morgan fingerprint density at radius 2 is 2.12 bits per heavy atom. The van der Waals surface area contributed by atoms with Crippen LogP contribution in [0.1, 0.15) is 32.1 Å². The summed E-state index contributed by atoms with van der Waals surface area (Å²) in [5.41, 5.74) is 0. The van der Waals surface area contributed by atoms with Crippen LogP contribution in [0.2, 0.25) is 6.32 Å². The van der Waals surface area contributed by atoms with Gasteiger partial charge in [-0.15, -0.1) is 0 Å². The molecule has 0 bridgehead atoms. The quantitative estimate of drug-likeness (QED) is 0.570. The molecule has 2 aliphatic rings. The van der Waals surface area contributed by atoms with Gasteiger partial charge >= 0.3 is 5.97 Å². The van der Waals surface area contributed by atoms with Crippen LogP contribution >= 0.6 is 0 Å². The van der Waals surface area contributed by atoms with Crippen LogP contribution in [0.15, 0.2) is 0 Å². The highest BCUT2D eigenvalue weighted by Crippen LogP contribution is 2.53. The van der Waals surface area contributed by atoms with Crippen molar-refractivity contribution in [3.63, 3.8) is 0 Å². The third-order valence-corrected chi connectivity index (χ3v) is 4.57. The van der Waals surface area contributed by atoms with Crippen LogP contribution in [0.4, 0.5) is 4.39 Å². The van der Waals surface area contributed by atoms with Gasteiger partial charge in [0.1, 0.15) is 6.17 Å². The molecular formula is C12H19BFO3. The first kappa shape index (κ1) is 12.9. The zero-order valence-electron chi connectivity index (χ0n) is 9.89. The van der Waals surface area contributed by atoms with Crippen LogP contribution in [0.25, 0.3) is 0 Å². The number of hydrogen-bond donors (Lipinski definition) is 2. The van der Waals surface area contributed by atoms with Gasteiger partial charge in [0.25, 0.3) is 7.48 Å². The van der Waals surface area contributed by atoms with Crippen LogP contribution in [0.3, 0.4) is 0 Å². The van der Waals surface area contributed by atoms with Crippen molar-refractivity contribution in [1.29, 1.82) is 0 Å². The van der Waals surface area contributed by atoms with E-state index >= 15 is 0 Å². The number of carboxylic acids is 1. The molecule has 5 atom stereocenters. The topological polar surface area (TPSA) is 57.5 Å². The van der Waals surface area contributed by atoms with Crippen molar-refractivity contribution in [2.75, 3.05) is 0 Å². The maximum absolute atomic E-state index is 13.6. The molecule has 0 aliphatic heterocycles. The maximum Gasteiger partial charge on any atom is 0.306 e. The third-order valence-electron chi connectivity index (χ3n) is 4.57. The summed E-state index contributed by atoms with van der Waals surface area (Å²) in [6.45, 7) is 0. The van der Waals surface area contributed by atoms with Gasteiger partial charge in [-0.05, 0) is 43.4 Å². The van der Waals surface area contributed by atoms with Gasteiger partial charge in [0.05, 0.1) is 5.92 Å². The van der Waals surface area contributed by atoms with Crippen molar-refractivity contribution < 1.29 is 19.3 Å². The van der Waals surface area contributed by atoms with E-state index in [-0.39, 0.29) is 23.7 Å². The van der Waals surface area contributed by atoms with E-state index in [4.69, 9.17) is 5.02 Å². The van der Waals surface area contributed by atoms with Crippen LogP contribution in [-0.2, 0) is 4.79 Å². The van der Waals surface area contributed by atoms with E-state index in [1.54, 1.807) is 0 Å². The summed E-state index contributed by atoms with van der Waals surface area (Å²) >= 11 is 0. The van der Waals surface area contributed by atoms with E-state index in [1.807, 2.05) is 0 Å². The minimum absolute atomic E-state index is 0.0285. The van der Waals surface area contributed by atoms with Crippen molar-refractivity contribution in [2.45, 2.75) is 44.6 Å². The predicted molar refractivity (Wildman–Crippen MR) is 62.4 cm³/mol. The van der Waals surface area contributed by atoms with Crippen molar-refractivity contribution in [2.24, 2.45) is 23.7 Å². The number of carbonyl (C=O) groups is 1. The maximum atomic E-state index is 13.6. The standard InChI is InChI=1S/C12H19BFO3/c14-11-4-3-8-7(2-1-5-13-17)10(12(15)16)6-9(8)11/h7-11,17H,1-6H2,(H,15,16). The van der Waals surface area contributed by atoms with E-state index in [1.165, 1.54) is 0 Å². The van der Waals surface area contributed by atoms with E-state index < -0.39 is 12.1 Å². The number of carboxylic acid groups (broad SMARTS) is 1. The van der Waals surface area contributed by atoms with Crippen molar-refractivity contribution in [1.82, 2.24) is 0 Å². The third kappa shape index (κ3) is 2.49. The fourth-order valence-electron chi connectivity index (χ4n) is 3.81. The number of rotatable bonds is 5. The molecule has 17 heavy (non-hydrogen) atoms. The van der Waals surface area contributed by atoms with Crippen molar-refractivity contribution >= 4 is 13.5 Å². The second kappa shape index (κ2) is 5.38. The van der Waals surface area contributed by atoms with Crippen molar-refractivity contribution in [3.05, 3.63) is 0 Å². The lowest BCUT2D eigenvalue weighted by Gasteiger charge is -2.21. The van der Waals surface area contributed by atoms with Crippen LogP contribution in [0.5, 0.6) is 0 Å². The molecule has 2 aliphatic carbocycles. The van der Waals surface area contributed by atoms with E-state index in [0.717, 1.165) is 26.7 Å². The first-order chi connectivity index (χ1) is 8.15. The minimum atomic E-state index is -0.795. The normalized spacial score (nSPS) is 40.2. The monoisotopic (exact) mass is 241 g/mol. The molecule has 0 amide bonds. The molecule has 1 radical (unpaired) electrons. The molecule has 0 aromatic heterocycles. The summed E-state index contributed by atoms with van der Waals surface area (Å²) in [5.74, 6) is -0.811. The molecule has 0 heterocycles. The Hall–Kier alpha value is -0.575. The van der Waals surface area contributed by atoms with E-state index in [2.05, 4.69) is 0 Å². The summed E-state index contributed by atoms with van der Waals surface area (Å²) in [6.07, 6.45) is 3.34. The molecule has 0 saturated heterocycles. The first-order valence-corrected chi connectivity index (χ1v) is 6.48. The molecule has 95 valence electrons. The number of fused-ring (bicyclic) bond motifs is 1. The molecule has 3 nitrogen and oxygen atoms in total. The Bertz CT molecular complexity index is 287. The molecule has 2 fully saturated rings. The van der Waals surface area contributed by atoms with Gasteiger partial charge in [-0.2, -0.15) is 0 Å². The highest BCUT2D eigenvalue weighted by atomic mass is 19.1. The van der Waals surface area contributed by atoms with Gasteiger partial charge in [0.2, 0.25) is 0 Å². The molecule has 2 saturated carbocycles. The first-order valence-electron chi connectivity index (χ1n) is 6.48. The molecule has 0 spiro atoms. The van der Waals surface area contributed by atoms with Gasteiger partial charge < -0.3 is 10.1 Å². The Morgan fingerprint density at radius 1 is 1.35 bits per heavy atom. The smallest absolute Gasteiger partial charge is 0.306 e. The molecule has 0 aromatic carbocycles. The summed E-state index contributed by atoms with van der Waals surface area (Å²) < 4.78 is 13.6. The highest BCUT2D eigenvalue weighted by Gasteiger charge is 2.51. The van der Waals surface area contributed by atoms with Gasteiger partial charge in [0.15, 0.2) is 0 Å². The second-order valence-electron chi connectivity index (χ2n) is 5.38. The number of alkyl halides is 1. The van der Waals surface area contributed by atoms with E-state index in [0.29, 0.717) is 19.2 Å². The minimum Gasteiger partial charge on any atom is -0.481 e. The molecule has 5 unspecified atom stereocenters. The average molecular weight is 241 g/mol. The number of halogens is 1. The lowest BCUT2D eigenvalue weighted by atomic mass is 9.81. The van der Waals surface area contributed by atoms with Gasteiger partial charge in [-0.1, -0.05) is 12.7 Å². The molecular weight excluding hydrogens is 222 g/mol. The lowest BCUT2D eigenvalue weighted by molar-refractivity contribution is -0.143. The summed E-state index contributed by atoms with van der Waals surface area (Å²) in [7, 11) is 1.12. The molecule has 0 aromatic rings. The second-order valence-corrected chi connectivity index (χ2v) is 5.38. The Balaban J connectivity index is 2.00. The molecule has 2 rings (SSSR count). The average Bonchev–Trinajstić information content (AvgIpc) is 2.81. The van der Waals surface area contributed by atoms with Crippen LogP contribution < -0.4 is 0 Å². The van der Waals surface area contributed by atoms with Crippen LogP contribution in [-0.4, -0.2) is 29.8 Å². The fourth-order valence-corrected chi connectivity index (χ4v) is 3.81. The number of aliphatic carboxylic acids is 1.